The van der Waals surface area contributed by atoms with Crippen LogP contribution in [0.1, 0.15) is 25.3 Å². The Morgan fingerprint density at radius 3 is 3.00 bits per heavy atom. The second-order valence-electron chi connectivity index (χ2n) is 4.39. The molecule has 78 valence electrons. The van der Waals surface area contributed by atoms with E-state index in [2.05, 4.69) is 18.3 Å². The van der Waals surface area contributed by atoms with Gasteiger partial charge < -0.3 is 5.32 Å². The van der Waals surface area contributed by atoms with Crippen LogP contribution in [0, 0.1) is 23.2 Å². The quantitative estimate of drug-likeness (QED) is 0.811. The predicted octanol–water partition coefficient (Wildman–Crippen LogP) is 3.02. The van der Waals surface area contributed by atoms with Gasteiger partial charge in [0.2, 0.25) is 0 Å². The van der Waals surface area contributed by atoms with Crippen molar-refractivity contribution >= 4 is 5.69 Å². The first kappa shape index (κ1) is 10.0. The maximum Gasteiger partial charge on any atom is 0.0992 e. The minimum Gasteiger partial charge on any atom is -0.385 e. The maximum absolute atomic E-state index is 8.76. The molecule has 1 unspecified atom stereocenters. The molecule has 1 fully saturated rings. The molecule has 0 saturated heterocycles. The molecule has 1 aliphatic carbocycles. The van der Waals surface area contributed by atoms with Crippen LogP contribution >= 0.6 is 0 Å². The summed E-state index contributed by atoms with van der Waals surface area (Å²) in [5, 5.41) is 12.1. The fourth-order valence-corrected chi connectivity index (χ4v) is 1.81. The summed E-state index contributed by atoms with van der Waals surface area (Å²) >= 11 is 0. The normalized spacial score (nSPS) is 16.8. The molecule has 1 aromatic carbocycles. The zero-order valence-electron chi connectivity index (χ0n) is 9.03. The Kier molecular flexibility index (Phi) is 2.91. The van der Waals surface area contributed by atoms with Gasteiger partial charge in [0.1, 0.15) is 0 Å². The molecule has 0 radical (unpaired) electrons. The number of nitrogens with one attached hydrogen (secondary N) is 1. The third-order valence-electron chi connectivity index (χ3n) is 3.05. The molecular weight excluding hydrogens is 184 g/mol. The molecule has 1 aliphatic rings. The molecule has 1 saturated carbocycles. The number of benzene rings is 1. The topological polar surface area (TPSA) is 35.8 Å². The fraction of sp³-hybridized carbons (Fsp3) is 0.462. The van der Waals surface area contributed by atoms with Gasteiger partial charge in [-0.1, -0.05) is 13.0 Å². The van der Waals surface area contributed by atoms with Gasteiger partial charge in [0.05, 0.1) is 11.6 Å². The predicted molar refractivity (Wildman–Crippen MR) is 61.5 cm³/mol. The average molecular weight is 200 g/mol. The van der Waals surface area contributed by atoms with E-state index in [0.717, 1.165) is 29.6 Å². The molecule has 0 aliphatic heterocycles. The highest BCUT2D eigenvalue weighted by atomic mass is 14.9. The lowest BCUT2D eigenvalue weighted by molar-refractivity contribution is 0.536. The second-order valence-corrected chi connectivity index (χ2v) is 4.39. The molecule has 1 atom stereocenters. The van der Waals surface area contributed by atoms with Crippen LogP contribution in [-0.4, -0.2) is 6.54 Å². The van der Waals surface area contributed by atoms with Crippen LogP contribution in [-0.2, 0) is 0 Å². The van der Waals surface area contributed by atoms with Crippen molar-refractivity contribution in [2.24, 2.45) is 11.8 Å². The second kappa shape index (κ2) is 4.35. The van der Waals surface area contributed by atoms with E-state index >= 15 is 0 Å². The number of hydrogen-bond donors (Lipinski definition) is 1. The van der Waals surface area contributed by atoms with Gasteiger partial charge in [0, 0.05) is 12.2 Å². The summed E-state index contributed by atoms with van der Waals surface area (Å²) in [6, 6.07) is 9.82. The Hall–Kier alpha value is -1.49. The van der Waals surface area contributed by atoms with Gasteiger partial charge in [-0.15, -0.1) is 0 Å². The van der Waals surface area contributed by atoms with E-state index in [1.807, 2.05) is 24.3 Å². The Labute approximate surface area is 90.9 Å². The van der Waals surface area contributed by atoms with E-state index in [4.69, 9.17) is 5.26 Å². The number of nitriles is 1. The van der Waals surface area contributed by atoms with Crippen LogP contribution in [0.3, 0.4) is 0 Å². The van der Waals surface area contributed by atoms with Gasteiger partial charge in [0.15, 0.2) is 0 Å². The van der Waals surface area contributed by atoms with Gasteiger partial charge >= 0.3 is 0 Å². The van der Waals surface area contributed by atoms with E-state index < -0.39 is 0 Å². The third kappa shape index (κ3) is 2.73. The molecule has 2 nitrogen and oxygen atoms in total. The number of hydrogen-bond acceptors (Lipinski definition) is 2. The highest BCUT2D eigenvalue weighted by molar-refractivity contribution is 5.49. The summed E-state index contributed by atoms with van der Waals surface area (Å²) in [5.41, 5.74) is 1.78. The van der Waals surface area contributed by atoms with Crippen LogP contribution in [0.2, 0.25) is 0 Å². The molecule has 1 aromatic rings. The molecule has 2 rings (SSSR count). The van der Waals surface area contributed by atoms with Crippen LogP contribution in [0.5, 0.6) is 0 Å². The van der Waals surface area contributed by atoms with Crippen molar-refractivity contribution in [3.8, 4) is 6.07 Å². The van der Waals surface area contributed by atoms with Gasteiger partial charge in [-0.2, -0.15) is 5.26 Å². The zero-order chi connectivity index (χ0) is 10.7. The van der Waals surface area contributed by atoms with Crippen molar-refractivity contribution in [1.82, 2.24) is 0 Å². The van der Waals surface area contributed by atoms with Crippen molar-refractivity contribution in [2.75, 3.05) is 11.9 Å². The minimum absolute atomic E-state index is 0.721. The van der Waals surface area contributed by atoms with Gasteiger partial charge in [0.25, 0.3) is 0 Å². The van der Waals surface area contributed by atoms with E-state index in [1.54, 1.807) is 0 Å². The third-order valence-corrected chi connectivity index (χ3v) is 3.05. The summed E-state index contributed by atoms with van der Waals surface area (Å²) < 4.78 is 0. The van der Waals surface area contributed by atoms with Crippen molar-refractivity contribution < 1.29 is 0 Å². The highest BCUT2D eigenvalue weighted by Gasteiger charge is 2.27. The minimum atomic E-state index is 0.721. The lowest BCUT2D eigenvalue weighted by Gasteiger charge is -2.12. The molecule has 2 heteroatoms. The summed E-state index contributed by atoms with van der Waals surface area (Å²) in [5.74, 6) is 1.67. The Morgan fingerprint density at radius 1 is 1.53 bits per heavy atom. The zero-order valence-corrected chi connectivity index (χ0v) is 9.03. The van der Waals surface area contributed by atoms with E-state index in [0.29, 0.717) is 0 Å². The first-order valence-corrected chi connectivity index (χ1v) is 5.53. The van der Waals surface area contributed by atoms with Crippen LogP contribution in [0.15, 0.2) is 24.3 Å². The Morgan fingerprint density at radius 2 is 2.33 bits per heavy atom. The first-order valence-electron chi connectivity index (χ1n) is 5.53. The summed E-state index contributed by atoms with van der Waals surface area (Å²) in [6.45, 7) is 3.30. The van der Waals surface area contributed by atoms with E-state index in [9.17, 15) is 0 Å². The molecular formula is C13H16N2. The molecule has 0 aromatic heterocycles. The van der Waals surface area contributed by atoms with Crippen LogP contribution < -0.4 is 5.32 Å². The molecule has 0 bridgehead atoms. The van der Waals surface area contributed by atoms with Crippen LogP contribution in [0.25, 0.3) is 0 Å². The summed E-state index contributed by atoms with van der Waals surface area (Å²) in [4.78, 5) is 0. The molecule has 0 spiro atoms. The Balaban J connectivity index is 1.89. The van der Waals surface area contributed by atoms with Crippen LogP contribution in [0.4, 0.5) is 5.69 Å². The summed E-state index contributed by atoms with van der Waals surface area (Å²) in [6.07, 6.45) is 2.78. The standard InChI is InChI=1S/C13H16N2/c1-10(12-5-6-12)9-15-13-4-2-3-11(7-13)8-14/h2-4,7,10,12,15H,5-6,9H2,1H3. The highest BCUT2D eigenvalue weighted by Crippen LogP contribution is 2.36. The average Bonchev–Trinajstić information content (AvgIpc) is 3.10. The van der Waals surface area contributed by atoms with E-state index in [1.165, 1.54) is 12.8 Å². The van der Waals surface area contributed by atoms with Crippen molar-refractivity contribution in [3.63, 3.8) is 0 Å². The van der Waals surface area contributed by atoms with Gasteiger partial charge in [-0.3, -0.25) is 0 Å². The monoisotopic (exact) mass is 200 g/mol. The SMILES string of the molecule is CC(CNc1cccc(C#N)c1)C1CC1. The van der Waals surface area contributed by atoms with Crippen molar-refractivity contribution in [2.45, 2.75) is 19.8 Å². The number of anilines is 1. The molecule has 1 N–H and O–H groups in total. The van der Waals surface area contributed by atoms with Crippen molar-refractivity contribution in [1.29, 1.82) is 5.26 Å². The smallest absolute Gasteiger partial charge is 0.0992 e. The first-order chi connectivity index (χ1) is 7.29. The fourth-order valence-electron chi connectivity index (χ4n) is 1.81. The Bertz CT molecular complexity index is 374. The number of nitrogens with zero attached hydrogens (tertiary/aromatic N) is 1. The summed E-state index contributed by atoms with van der Waals surface area (Å²) in [7, 11) is 0. The number of rotatable bonds is 4. The van der Waals surface area contributed by atoms with Gasteiger partial charge in [-0.05, 0) is 42.9 Å². The molecule has 15 heavy (non-hydrogen) atoms. The maximum atomic E-state index is 8.76. The molecule has 0 amide bonds. The van der Waals surface area contributed by atoms with Crippen molar-refractivity contribution in [3.05, 3.63) is 29.8 Å². The van der Waals surface area contributed by atoms with E-state index in [-0.39, 0.29) is 0 Å². The largest absolute Gasteiger partial charge is 0.385 e. The lowest BCUT2D eigenvalue weighted by Crippen LogP contribution is -2.12. The lowest BCUT2D eigenvalue weighted by atomic mass is 10.1. The van der Waals surface area contributed by atoms with Gasteiger partial charge in [-0.25, -0.2) is 0 Å². The molecule has 0 heterocycles.